The second-order valence-electron chi connectivity index (χ2n) is 6.71. The third-order valence-corrected chi connectivity index (χ3v) is 4.71. The number of aromatic nitrogens is 1. The summed E-state index contributed by atoms with van der Waals surface area (Å²) < 4.78 is 46.9. The van der Waals surface area contributed by atoms with E-state index < -0.39 is 18.3 Å². The molecule has 2 fully saturated rings. The van der Waals surface area contributed by atoms with Crippen LogP contribution < -0.4 is 20.3 Å². The van der Waals surface area contributed by atoms with E-state index in [9.17, 15) is 18.0 Å². The Morgan fingerprint density at radius 3 is 2.96 bits per heavy atom. The van der Waals surface area contributed by atoms with Crippen molar-refractivity contribution in [2.24, 2.45) is 0 Å². The number of rotatable bonds is 5. The Balaban J connectivity index is 1.73. The Hall–Kier alpha value is -2.03. The standard InChI is InChI=1S/C17H23F3N4O2/c1-26-16-11(9-22-15(25)13-4-2-6-21-13)8-12(18)14(23-16)24-7-3-5-17(19,20)10-24/h8,13,21H,2-7,9-10H2,1H3,(H,22,25)/t13-/m0/s1. The molecule has 2 saturated heterocycles. The highest BCUT2D eigenvalue weighted by atomic mass is 19.3. The maximum atomic E-state index is 14.5. The van der Waals surface area contributed by atoms with Crippen LogP contribution in [0.5, 0.6) is 5.88 Å². The molecule has 9 heteroatoms. The maximum Gasteiger partial charge on any atom is 0.265 e. The number of hydrogen-bond donors (Lipinski definition) is 2. The van der Waals surface area contributed by atoms with Crippen molar-refractivity contribution in [2.45, 2.75) is 44.2 Å². The van der Waals surface area contributed by atoms with E-state index in [1.807, 2.05) is 0 Å². The van der Waals surface area contributed by atoms with Gasteiger partial charge < -0.3 is 20.3 Å². The highest BCUT2D eigenvalue weighted by Crippen LogP contribution is 2.32. The number of alkyl halides is 2. The van der Waals surface area contributed by atoms with E-state index in [1.54, 1.807) is 0 Å². The van der Waals surface area contributed by atoms with Gasteiger partial charge in [-0.05, 0) is 31.9 Å². The van der Waals surface area contributed by atoms with Crippen LogP contribution >= 0.6 is 0 Å². The van der Waals surface area contributed by atoms with Gasteiger partial charge in [0.1, 0.15) is 0 Å². The van der Waals surface area contributed by atoms with E-state index in [4.69, 9.17) is 4.74 Å². The zero-order chi connectivity index (χ0) is 18.7. The van der Waals surface area contributed by atoms with E-state index in [-0.39, 0.29) is 43.0 Å². The second kappa shape index (κ2) is 7.69. The fourth-order valence-electron chi connectivity index (χ4n) is 3.39. The molecule has 2 aliphatic rings. The molecule has 0 spiro atoms. The molecule has 0 bridgehead atoms. The van der Waals surface area contributed by atoms with Crippen LogP contribution in [0.4, 0.5) is 19.0 Å². The number of hydrogen-bond acceptors (Lipinski definition) is 5. The summed E-state index contributed by atoms with van der Waals surface area (Å²) in [6.07, 6.45) is 1.76. The lowest BCUT2D eigenvalue weighted by atomic mass is 10.1. The van der Waals surface area contributed by atoms with Crippen molar-refractivity contribution in [1.82, 2.24) is 15.6 Å². The van der Waals surface area contributed by atoms with Gasteiger partial charge in [0.25, 0.3) is 5.92 Å². The van der Waals surface area contributed by atoms with Gasteiger partial charge in [-0.3, -0.25) is 4.79 Å². The van der Waals surface area contributed by atoms with Crippen LogP contribution in [-0.4, -0.2) is 49.6 Å². The molecular formula is C17H23F3N4O2. The molecule has 0 radical (unpaired) electrons. The van der Waals surface area contributed by atoms with Crippen LogP contribution in [0.3, 0.4) is 0 Å². The fourth-order valence-corrected chi connectivity index (χ4v) is 3.39. The normalized spacial score (nSPS) is 22.3. The minimum absolute atomic E-state index is 0.0561. The Kier molecular flexibility index (Phi) is 5.55. The van der Waals surface area contributed by atoms with Gasteiger partial charge in [-0.1, -0.05) is 0 Å². The molecule has 0 aromatic carbocycles. The summed E-state index contributed by atoms with van der Waals surface area (Å²) in [6.45, 7) is 0.600. The summed E-state index contributed by atoms with van der Waals surface area (Å²) in [6, 6.07) is 0.949. The average molecular weight is 372 g/mol. The number of piperidine rings is 1. The van der Waals surface area contributed by atoms with Crippen LogP contribution in [0.25, 0.3) is 0 Å². The van der Waals surface area contributed by atoms with Crippen LogP contribution in [0.15, 0.2) is 6.07 Å². The van der Waals surface area contributed by atoms with Crippen molar-refractivity contribution >= 4 is 11.7 Å². The molecule has 0 aliphatic carbocycles. The van der Waals surface area contributed by atoms with Crippen molar-refractivity contribution in [3.8, 4) is 5.88 Å². The van der Waals surface area contributed by atoms with Gasteiger partial charge in [-0.2, -0.15) is 4.98 Å². The van der Waals surface area contributed by atoms with Crippen molar-refractivity contribution in [3.05, 3.63) is 17.4 Å². The van der Waals surface area contributed by atoms with Crippen molar-refractivity contribution in [1.29, 1.82) is 0 Å². The molecule has 0 unspecified atom stereocenters. The Labute approximate surface area is 150 Å². The molecule has 6 nitrogen and oxygen atoms in total. The van der Waals surface area contributed by atoms with Crippen molar-refractivity contribution in [2.75, 3.05) is 31.6 Å². The summed E-state index contributed by atoms with van der Waals surface area (Å²) in [5.74, 6) is -3.75. The highest BCUT2D eigenvalue weighted by Gasteiger charge is 2.36. The Bertz CT molecular complexity index is 666. The number of nitrogens with one attached hydrogen (secondary N) is 2. The van der Waals surface area contributed by atoms with Gasteiger partial charge in [0, 0.05) is 25.1 Å². The molecule has 0 saturated carbocycles. The number of carbonyl (C=O) groups excluding carboxylic acids is 1. The first-order valence-corrected chi connectivity index (χ1v) is 8.77. The van der Waals surface area contributed by atoms with Gasteiger partial charge in [0.15, 0.2) is 11.6 Å². The fraction of sp³-hybridized carbons (Fsp3) is 0.647. The van der Waals surface area contributed by atoms with Gasteiger partial charge in [0.2, 0.25) is 11.8 Å². The topological polar surface area (TPSA) is 66.5 Å². The third kappa shape index (κ3) is 4.20. The quantitative estimate of drug-likeness (QED) is 0.826. The zero-order valence-corrected chi connectivity index (χ0v) is 14.7. The zero-order valence-electron chi connectivity index (χ0n) is 14.7. The molecule has 1 aromatic heterocycles. The molecule has 2 N–H and O–H groups in total. The molecule has 3 heterocycles. The lowest BCUT2D eigenvalue weighted by Crippen LogP contribution is -2.43. The van der Waals surface area contributed by atoms with Crippen LogP contribution in [0.1, 0.15) is 31.2 Å². The van der Waals surface area contributed by atoms with Crippen LogP contribution in [-0.2, 0) is 11.3 Å². The lowest BCUT2D eigenvalue weighted by Gasteiger charge is -2.33. The minimum Gasteiger partial charge on any atom is -0.481 e. The molecular weight excluding hydrogens is 349 g/mol. The summed E-state index contributed by atoms with van der Waals surface area (Å²) >= 11 is 0. The minimum atomic E-state index is -2.86. The molecule has 1 amide bonds. The number of nitrogens with zero attached hydrogens (tertiary/aromatic N) is 2. The molecule has 3 rings (SSSR count). The maximum absolute atomic E-state index is 14.5. The monoisotopic (exact) mass is 372 g/mol. The largest absolute Gasteiger partial charge is 0.481 e. The Morgan fingerprint density at radius 2 is 2.31 bits per heavy atom. The van der Waals surface area contributed by atoms with Gasteiger partial charge in [-0.25, -0.2) is 13.2 Å². The summed E-state index contributed by atoms with van der Waals surface area (Å²) in [4.78, 5) is 17.4. The van der Waals surface area contributed by atoms with E-state index in [1.165, 1.54) is 18.1 Å². The summed E-state index contributed by atoms with van der Waals surface area (Å²) in [5, 5.41) is 5.81. The molecule has 26 heavy (non-hydrogen) atoms. The smallest absolute Gasteiger partial charge is 0.265 e. The van der Waals surface area contributed by atoms with E-state index in [2.05, 4.69) is 15.6 Å². The third-order valence-electron chi connectivity index (χ3n) is 4.71. The molecule has 1 atom stereocenters. The first-order chi connectivity index (χ1) is 12.4. The number of ether oxygens (including phenoxy) is 1. The number of methoxy groups -OCH3 is 1. The molecule has 1 aromatic rings. The predicted octanol–water partition coefficient (Wildman–Crippen LogP) is 1.83. The number of pyridine rings is 1. The number of amides is 1. The predicted molar refractivity (Wildman–Crippen MR) is 90.0 cm³/mol. The summed E-state index contributed by atoms with van der Waals surface area (Å²) in [5.41, 5.74) is 0.365. The van der Waals surface area contributed by atoms with E-state index in [0.29, 0.717) is 12.1 Å². The van der Waals surface area contributed by atoms with Gasteiger partial charge in [-0.15, -0.1) is 0 Å². The first-order valence-electron chi connectivity index (χ1n) is 8.77. The SMILES string of the molecule is COc1nc(N2CCCC(F)(F)C2)c(F)cc1CNC(=O)[C@@H]1CCCN1. The van der Waals surface area contributed by atoms with Crippen molar-refractivity contribution < 1.29 is 22.7 Å². The van der Waals surface area contributed by atoms with Gasteiger partial charge >= 0.3 is 0 Å². The molecule has 2 aliphatic heterocycles. The average Bonchev–Trinajstić information content (AvgIpc) is 3.13. The highest BCUT2D eigenvalue weighted by molar-refractivity contribution is 5.82. The van der Waals surface area contributed by atoms with Crippen molar-refractivity contribution in [3.63, 3.8) is 0 Å². The second-order valence-corrected chi connectivity index (χ2v) is 6.71. The van der Waals surface area contributed by atoms with E-state index in [0.717, 1.165) is 19.4 Å². The number of carbonyl (C=O) groups is 1. The van der Waals surface area contributed by atoms with Crippen LogP contribution in [0.2, 0.25) is 0 Å². The number of anilines is 1. The van der Waals surface area contributed by atoms with Crippen LogP contribution in [0, 0.1) is 5.82 Å². The Morgan fingerprint density at radius 1 is 1.50 bits per heavy atom. The first kappa shape index (κ1) is 18.8. The number of halogens is 3. The lowest BCUT2D eigenvalue weighted by molar-refractivity contribution is -0.122. The summed E-state index contributed by atoms with van der Waals surface area (Å²) in [7, 11) is 1.37. The van der Waals surface area contributed by atoms with E-state index >= 15 is 0 Å². The van der Waals surface area contributed by atoms with Gasteiger partial charge in [0.05, 0.1) is 19.7 Å². The molecule has 144 valence electrons.